The minimum atomic E-state index is -0.541. The van der Waals surface area contributed by atoms with E-state index in [1.54, 1.807) is 4.90 Å². The Morgan fingerprint density at radius 1 is 1.29 bits per heavy atom. The summed E-state index contributed by atoms with van der Waals surface area (Å²) < 4.78 is 0. The van der Waals surface area contributed by atoms with E-state index in [-0.39, 0.29) is 5.91 Å². The van der Waals surface area contributed by atoms with Gasteiger partial charge in [-0.3, -0.25) is 4.79 Å². The third-order valence-corrected chi connectivity index (χ3v) is 2.90. The number of likely N-dealkylation sites (N-methyl/N-ethyl adjacent to an activating group) is 2. The summed E-state index contributed by atoms with van der Waals surface area (Å²) in [6.45, 7) is 1.64. The molecule has 2 N–H and O–H groups in total. The van der Waals surface area contributed by atoms with Gasteiger partial charge in [-0.15, -0.1) is 0 Å². The largest absolute Gasteiger partial charge is 0.343 e. The topological polar surface area (TPSA) is 49.6 Å². The molecule has 1 rings (SSSR count). The second-order valence-corrected chi connectivity index (χ2v) is 4.54. The fourth-order valence-corrected chi connectivity index (χ4v) is 1.60. The van der Waals surface area contributed by atoms with Gasteiger partial charge in [0, 0.05) is 20.1 Å². The molecule has 82 valence electrons. The monoisotopic (exact) mass is 199 g/mol. The van der Waals surface area contributed by atoms with E-state index >= 15 is 0 Å². The Kier molecular flexibility index (Phi) is 3.50. The maximum absolute atomic E-state index is 11.8. The van der Waals surface area contributed by atoms with Crippen LogP contribution >= 0.6 is 0 Å². The lowest BCUT2D eigenvalue weighted by Gasteiger charge is -2.39. The number of nitrogens with zero attached hydrogens (tertiary/aromatic N) is 2. The first kappa shape index (κ1) is 11.5. The van der Waals surface area contributed by atoms with Crippen LogP contribution in [0.5, 0.6) is 0 Å². The normalized spacial score (nSPS) is 19.2. The molecular formula is C10H21N3O. The highest BCUT2D eigenvalue weighted by Gasteiger charge is 2.41. The molecule has 0 aromatic heterocycles. The third kappa shape index (κ3) is 2.45. The van der Waals surface area contributed by atoms with Crippen LogP contribution in [0.4, 0.5) is 0 Å². The van der Waals surface area contributed by atoms with Crippen molar-refractivity contribution in [2.45, 2.75) is 24.8 Å². The average molecular weight is 199 g/mol. The highest BCUT2D eigenvalue weighted by Crippen LogP contribution is 2.30. The molecule has 14 heavy (non-hydrogen) atoms. The van der Waals surface area contributed by atoms with E-state index < -0.39 is 5.54 Å². The molecule has 0 atom stereocenters. The molecule has 1 aliphatic rings. The van der Waals surface area contributed by atoms with Gasteiger partial charge in [-0.2, -0.15) is 0 Å². The summed E-state index contributed by atoms with van der Waals surface area (Å²) in [5.74, 6) is 0.102. The zero-order valence-electron chi connectivity index (χ0n) is 9.42. The summed E-state index contributed by atoms with van der Waals surface area (Å²) in [5, 5.41) is 0. The van der Waals surface area contributed by atoms with Gasteiger partial charge in [0.05, 0.1) is 5.54 Å². The summed E-state index contributed by atoms with van der Waals surface area (Å²) >= 11 is 0. The third-order valence-electron chi connectivity index (χ3n) is 2.90. The van der Waals surface area contributed by atoms with Gasteiger partial charge >= 0.3 is 0 Å². The predicted molar refractivity (Wildman–Crippen MR) is 57.0 cm³/mol. The van der Waals surface area contributed by atoms with Crippen LogP contribution < -0.4 is 5.73 Å². The van der Waals surface area contributed by atoms with Gasteiger partial charge < -0.3 is 15.5 Å². The van der Waals surface area contributed by atoms with E-state index in [1.807, 2.05) is 21.1 Å². The van der Waals surface area contributed by atoms with E-state index in [0.717, 1.165) is 32.4 Å². The molecule has 0 aromatic rings. The van der Waals surface area contributed by atoms with E-state index in [9.17, 15) is 4.79 Å². The molecule has 0 radical (unpaired) electrons. The maximum atomic E-state index is 11.8. The molecule has 4 nitrogen and oxygen atoms in total. The van der Waals surface area contributed by atoms with Crippen molar-refractivity contribution in [1.29, 1.82) is 0 Å². The minimum absolute atomic E-state index is 0.102. The van der Waals surface area contributed by atoms with Crippen LogP contribution in [0.25, 0.3) is 0 Å². The zero-order valence-corrected chi connectivity index (χ0v) is 9.42. The summed E-state index contributed by atoms with van der Waals surface area (Å²) in [6, 6.07) is 0. The van der Waals surface area contributed by atoms with Crippen molar-refractivity contribution in [2.75, 3.05) is 34.2 Å². The Balaban J connectivity index is 2.36. The van der Waals surface area contributed by atoms with Crippen molar-refractivity contribution >= 4 is 5.91 Å². The van der Waals surface area contributed by atoms with Gasteiger partial charge in [-0.05, 0) is 33.4 Å². The van der Waals surface area contributed by atoms with Crippen LogP contribution in [-0.2, 0) is 4.79 Å². The maximum Gasteiger partial charge on any atom is 0.242 e. The lowest BCUT2D eigenvalue weighted by molar-refractivity contribution is -0.138. The molecule has 0 unspecified atom stereocenters. The first-order valence-corrected chi connectivity index (χ1v) is 5.15. The molecule has 1 aliphatic carbocycles. The molecular weight excluding hydrogens is 178 g/mol. The first-order chi connectivity index (χ1) is 6.46. The highest BCUT2D eigenvalue weighted by molar-refractivity contribution is 5.86. The summed E-state index contributed by atoms with van der Waals surface area (Å²) in [4.78, 5) is 15.7. The number of carbonyl (C=O) groups excluding carboxylic acids is 1. The standard InChI is InChI=1S/C10H21N3O/c1-12(2)7-8-13(3)9(14)10(11)5-4-6-10/h4-8,11H2,1-3H3. The molecule has 0 spiro atoms. The Bertz CT molecular complexity index is 211. The molecule has 0 heterocycles. The van der Waals surface area contributed by atoms with Crippen LogP contribution in [-0.4, -0.2) is 55.5 Å². The molecule has 0 aliphatic heterocycles. The molecule has 1 fully saturated rings. The average Bonchev–Trinajstić information content (AvgIpc) is 2.09. The number of rotatable bonds is 4. The van der Waals surface area contributed by atoms with Crippen LogP contribution in [0, 0.1) is 0 Å². The fraction of sp³-hybridized carbons (Fsp3) is 0.900. The lowest BCUT2D eigenvalue weighted by atomic mass is 9.76. The van der Waals surface area contributed by atoms with Crippen LogP contribution in [0.1, 0.15) is 19.3 Å². The fourth-order valence-electron chi connectivity index (χ4n) is 1.60. The molecule has 1 amide bonds. The second kappa shape index (κ2) is 4.28. The molecule has 0 bridgehead atoms. The molecule has 0 aromatic carbocycles. The van der Waals surface area contributed by atoms with Crippen LogP contribution in [0.2, 0.25) is 0 Å². The number of amides is 1. The Morgan fingerprint density at radius 3 is 2.21 bits per heavy atom. The van der Waals surface area contributed by atoms with Crippen LogP contribution in [0.3, 0.4) is 0 Å². The molecule has 1 saturated carbocycles. The molecule has 0 saturated heterocycles. The Labute approximate surface area is 86.0 Å². The van der Waals surface area contributed by atoms with Gasteiger partial charge in [0.2, 0.25) is 5.91 Å². The van der Waals surface area contributed by atoms with E-state index in [0.29, 0.717) is 0 Å². The van der Waals surface area contributed by atoms with E-state index in [2.05, 4.69) is 4.90 Å². The summed E-state index contributed by atoms with van der Waals surface area (Å²) in [5.41, 5.74) is 5.41. The van der Waals surface area contributed by atoms with Gasteiger partial charge in [0.15, 0.2) is 0 Å². The van der Waals surface area contributed by atoms with Gasteiger partial charge in [-0.25, -0.2) is 0 Å². The highest BCUT2D eigenvalue weighted by atomic mass is 16.2. The first-order valence-electron chi connectivity index (χ1n) is 5.15. The van der Waals surface area contributed by atoms with Gasteiger partial charge in [0.1, 0.15) is 0 Å². The summed E-state index contributed by atoms with van der Waals surface area (Å²) in [7, 11) is 5.83. The van der Waals surface area contributed by atoms with Crippen molar-refractivity contribution in [3.8, 4) is 0 Å². The Morgan fingerprint density at radius 2 is 1.86 bits per heavy atom. The number of carbonyl (C=O) groups is 1. The van der Waals surface area contributed by atoms with Crippen molar-refractivity contribution in [3.63, 3.8) is 0 Å². The lowest BCUT2D eigenvalue weighted by Crippen LogP contribution is -2.59. The predicted octanol–water partition coefficient (Wildman–Crippen LogP) is -0.112. The smallest absolute Gasteiger partial charge is 0.242 e. The zero-order chi connectivity index (χ0) is 10.8. The number of hydrogen-bond donors (Lipinski definition) is 1. The van der Waals surface area contributed by atoms with Crippen molar-refractivity contribution < 1.29 is 4.79 Å². The van der Waals surface area contributed by atoms with Gasteiger partial charge in [-0.1, -0.05) is 0 Å². The van der Waals surface area contributed by atoms with E-state index in [4.69, 9.17) is 5.73 Å². The van der Waals surface area contributed by atoms with Crippen LogP contribution in [0.15, 0.2) is 0 Å². The second-order valence-electron chi connectivity index (χ2n) is 4.54. The SMILES string of the molecule is CN(C)CCN(C)C(=O)C1(N)CCC1. The minimum Gasteiger partial charge on any atom is -0.343 e. The number of nitrogens with two attached hydrogens (primary N) is 1. The van der Waals surface area contributed by atoms with Crippen molar-refractivity contribution in [2.24, 2.45) is 5.73 Å². The number of hydrogen-bond acceptors (Lipinski definition) is 3. The van der Waals surface area contributed by atoms with E-state index in [1.165, 1.54) is 0 Å². The van der Waals surface area contributed by atoms with Crippen molar-refractivity contribution in [1.82, 2.24) is 9.80 Å². The van der Waals surface area contributed by atoms with Gasteiger partial charge in [0.25, 0.3) is 0 Å². The Hall–Kier alpha value is -0.610. The summed E-state index contributed by atoms with van der Waals surface area (Å²) in [6.07, 6.45) is 2.78. The quantitative estimate of drug-likeness (QED) is 0.687. The van der Waals surface area contributed by atoms with Crippen molar-refractivity contribution in [3.05, 3.63) is 0 Å². The molecule has 4 heteroatoms.